The molecule has 2 aliphatic rings. The Labute approximate surface area is 319 Å². The summed E-state index contributed by atoms with van der Waals surface area (Å²) in [6.07, 6.45) is 4.75. The maximum absolute atomic E-state index is 5.29. The predicted molar refractivity (Wildman–Crippen MR) is 226 cm³/mol. The fourth-order valence-corrected chi connectivity index (χ4v) is 8.95. The lowest BCUT2D eigenvalue weighted by atomic mass is 9.78. The fraction of sp³-hybridized carbons (Fsp3) is 0.0600. The molecule has 0 spiro atoms. The van der Waals surface area contributed by atoms with E-state index in [1.807, 2.05) is 36.4 Å². The van der Waals surface area contributed by atoms with Gasteiger partial charge in [0.05, 0.1) is 17.1 Å². The Morgan fingerprint density at radius 1 is 0.509 bits per heavy atom. The van der Waals surface area contributed by atoms with Gasteiger partial charge in [0.2, 0.25) is 5.95 Å². The number of fused-ring (bicyclic) bond motifs is 7. The van der Waals surface area contributed by atoms with E-state index in [0.717, 1.165) is 27.5 Å². The molecule has 1 aliphatic carbocycles. The third-order valence-electron chi connectivity index (χ3n) is 11.4. The molecule has 9 aromatic rings. The second-order valence-electron chi connectivity index (χ2n) is 14.4. The third kappa shape index (κ3) is 4.90. The molecule has 0 bridgehead atoms. The van der Waals surface area contributed by atoms with Gasteiger partial charge in [-0.3, -0.25) is 4.57 Å². The van der Waals surface area contributed by atoms with Gasteiger partial charge in [-0.05, 0) is 52.3 Å². The highest BCUT2D eigenvalue weighted by atomic mass is 15.2. The highest BCUT2D eigenvalue weighted by Crippen LogP contribution is 2.53. The van der Waals surface area contributed by atoms with E-state index in [4.69, 9.17) is 15.0 Å². The van der Waals surface area contributed by atoms with Crippen LogP contribution >= 0.6 is 0 Å². The molecule has 55 heavy (non-hydrogen) atoms. The van der Waals surface area contributed by atoms with Crippen LogP contribution in [-0.4, -0.2) is 25.6 Å². The Morgan fingerprint density at radius 2 is 1.09 bits per heavy atom. The first-order chi connectivity index (χ1) is 27.2. The van der Waals surface area contributed by atoms with Gasteiger partial charge in [0.25, 0.3) is 0 Å². The standard InChI is InChI=1S/C50H35N5/c1-32-37(29-30-41-39-25-13-15-27-43(39)54(46(32)41)36-22-9-4-10-23-36)45-38-24-12-11-21-35(38)31-42-40-26-14-16-28-44(40)55(47(42)45)50-52-48(33-17-5-2-6-18-33)51-49(53-50)34-19-7-3-8-20-34/h2-32,46H,1H3. The Bertz CT molecular complexity index is 2940. The average molecular weight is 706 g/mol. The lowest BCUT2D eigenvalue weighted by molar-refractivity contribution is 0.654. The number of rotatable bonds is 5. The summed E-state index contributed by atoms with van der Waals surface area (Å²) in [5, 5.41) is 4.74. The summed E-state index contributed by atoms with van der Waals surface area (Å²) in [4.78, 5) is 18.2. The van der Waals surface area contributed by atoms with Crippen LogP contribution in [0.4, 0.5) is 11.4 Å². The summed E-state index contributed by atoms with van der Waals surface area (Å²) < 4.78 is 2.29. The topological polar surface area (TPSA) is 46.8 Å². The van der Waals surface area contributed by atoms with Crippen molar-refractivity contribution in [2.75, 3.05) is 4.90 Å². The summed E-state index contributed by atoms with van der Waals surface area (Å²) in [5.41, 5.74) is 11.6. The van der Waals surface area contributed by atoms with Crippen molar-refractivity contribution in [1.29, 1.82) is 0 Å². The van der Waals surface area contributed by atoms with Gasteiger partial charge in [-0.1, -0.05) is 159 Å². The molecule has 0 amide bonds. The van der Waals surface area contributed by atoms with Crippen LogP contribution in [0.2, 0.25) is 0 Å². The zero-order chi connectivity index (χ0) is 36.5. The lowest BCUT2D eigenvalue weighted by Crippen LogP contribution is -2.35. The fourth-order valence-electron chi connectivity index (χ4n) is 8.95. The van der Waals surface area contributed by atoms with E-state index >= 15 is 0 Å². The van der Waals surface area contributed by atoms with Gasteiger partial charge in [-0.2, -0.15) is 9.97 Å². The van der Waals surface area contributed by atoms with Crippen LogP contribution in [0.3, 0.4) is 0 Å². The second-order valence-corrected chi connectivity index (χ2v) is 14.4. The minimum absolute atomic E-state index is 0.109. The Hall–Kier alpha value is -7.11. The molecule has 0 fully saturated rings. The summed E-state index contributed by atoms with van der Waals surface area (Å²) in [7, 11) is 0. The monoisotopic (exact) mass is 705 g/mol. The smallest absolute Gasteiger partial charge is 0.238 e. The lowest BCUT2D eigenvalue weighted by Gasteiger charge is -2.36. The van der Waals surface area contributed by atoms with Crippen LogP contribution in [0.25, 0.3) is 72.4 Å². The van der Waals surface area contributed by atoms with Crippen LogP contribution in [0.1, 0.15) is 18.1 Å². The SMILES string of the molecule is CC1C(c2c3ccccc3cc3c4ccccc4n(-c4nc(-c5ccccc5)nc(-c5ccccc5)n4)c23)=CC=C2c3ccccc3N(c3ccccc3)C21. The van der Waals surface area contributed by atoms with Crippen molar-refractivity contribution in [3.05, 3.63) is 193 Å². The molecular weight excluding hydrogens is 671 g/mol. The number of para-hydroxylation sites is 3. The molecule has 3 heterocycles. The van der Waals surface area contributed by atoms with Gasteiger partial charge in [0.1, 0.15) is 0 Å². The van der Waals surface area contributed by atoms with Crippen LogP contribution in [0, 0.1) is 5.92 Å². The van der Waals surface area contributed by atoms with Gasteiger partial charge in [-0.25, -0.2) is 4.98 Å². The Morgan fingerprint density at radius 3 is 1.82 bits per heavy atom. The molecular formula is C50H35N5. The molecule has 2 unspecified atom stereocenters. The van der Waals surface area contributed by atoms with Crippen molar-refractivity contribution < 1.29 is 0 Å². The van der Waals surface area contributed by atoms with E-state index in [1.165, 1.54) is 49.8 Å². The number of hydrogen-bond donors (Lipinski definition) is 0. The number of nitrogens with zero attached hydrogens (tertiary/aromatic N) is 5. The van der Waals surface area contributed by atoms with Crippen molar-refractivity contribution >= 4 is 55.1 Å². The van der Waals surface area contributed by atoms with E-state index in [9.17, 15) is 0 Å². The summed E-state index contributed by atoms with van der Waals surface area (Å²) in [6.45, 7) is 2.40. The molecule has 0 radical (unpaired) electrons. The van der Waals surface area contributed by atoms with Gasteiger partial charge in [-0.15, -0.1) is 0 Å². The van der Waals surface area contributed by atoms with Crippen LogP contribution in [0.15, 0.2) is 182 Å². The average Bonchev–Trinajstić information content (AvgIpc) is 3.77. The minimum atomic E-state index is 0.109. The van der Waals surface area contributed by atoms with E-state index in [1.54, 1.807) is 0 Å². The Balaban J connectivity index is 1.22. The molecule has 0 N–H and O–H groups in total. The quantitative estimate of drug-likeness (QED) is 0.179. The predicted octanol–water partition coefficient (Wildman–Crippen LogP) is 12.1. The first-order valence-corrected chi connectivity index (χ1v) is 18.9. The molecule has 2 atom stereocenters. The molecule has 2 aromatic heterocycles. The van der Waals surface area contributed by atoms with E-state index in [2.05, 4.69) is 162 Å². The van der Waals surface area contributed by atoms with Crippen molar-refractivity contribution in [2.24, 2.45) is 5.92 Å². The highest BCUT2D eigenvalue weighted by Gasteiger charge is 2.41. The molecule has 7 aromatic carbocycles. The minimum Gasteiger partial charge on any atom is -0.333 e. The highest BCUT2D eigenvalue weighted by molar-refractivity contribution is 6.19. The molecule has 11 rings (SSSR count). The first-order valence-electron chi connectivity index (χ1n) is 18.9. The van der Waals surface area contributed by atoms with Crippen molar-refractivity contribution in [3.63, 3.8) is 0 Å². The van der Waals surface area contributed by atoms with Gasteiger partial charge >= 0.3 is 0 Å². The number of anilines is 2. The van der Waals surface area contributed by atoms with E-state index in [-0.39, 0.29) is 12.0 Å². The normalized spacial score (nSPS) is 16.3. The largest absolute Gasteiger partial charge is 0.333 e. The maximum Gasteiger partial charge on any atom is 0.238 e. The molecule has 0 saturated carbocycles. The Kier molecular flexibility index (Phi) is 7.14. The van der Waals surface area contributed by atoms with Crippen molar-refractivity contribution in [2.45, 2.75) is 13.0 Å². The van der Waals surface area contributed by atoms with E-state index < -0.39 is 0 Å². The van der Waals surface area contributed by atoms with Crippen LogP contribution < -0.4 is 4.90 Å². The van der Waals surface area contributed by atoms with Crippen molar-refractivity contribution in [1.82, 2.24) is 19.5 Å². The zero-order valence-electron chi connectivity index (χ0n) is 30.2. The van der Waals surface area contributed by atoms with Crippen LogP contribution in [-0.2, 0) is 0 Å². The molecule has 5 heteroatoms. The van der Waals surface area contributed by atoms with Crippen LogP contribution in [0.5, 0.6) is 0 Å². The van der Waals surface area contributed by atoms with Gasteiger partial charge in [0.15, 0.2) is 11.6 Å². The summed E-state index contributed by atoms with van der Waals surface area (Å²) >= 11 is 0. The van der Waals surface area contributed by atoms with Gasteiger partial charge < -0.3 is 4.90 Å². The molecule has 1 aliphatic heterocycles. The maximum atomic E-state index is 5.29. The first kappa shape index (κ1) is 31.4. The van der Waals surface area contributed by atoms with E-state index in [0.29, 0.717) is 17.6 Å². The zero-order valence-corrected chi connectivity index (χ0v) is 30.2. The number of allylic oxidation sites excluding steroid dienone is 2. The number of hydrogen-bond acceptors (Lipinski definition) is 4. The number of aromatic nitrogens is 4. The number of benzene rings is 7. The molecule has 260 valence electrons. The molecule has 0 saturated heterocycles. The second kappa shape index (κ2) is 12.5. The summed E-state index contributed by atoms with van der Waals surface area (Å²) in [6, 6.07) is 60.0. The molecule has 5 nitrogen and oxygen atoms in total. The van der Waals surface area contributed by atoms with Crippen molar-refractivity contribution in [3.8, 4) is 28.7 Å². The third-order valence-corrected chi connectivity index (χ3v) is 11.4. The van der Waals surface area contributed by atoms with Gasteiger partial charge in [0, 0.05) is 50.3 Å². The summed E-state index contributed by atoms with van der Waals surface area (Å²) in [5.74, 6) is 2.00.